The Kier molecular flexibility index (Phi) is 9.05. The lowest BCUT2D eigenvalue weighted by molar-refractivity contribution is -0.120. The molecule has 0 aliphatic rings. The highest BCUT2D eigenvalue weighted by Gasteiger charge is 2.16. The molecule has 0 fully saturated rings. The van der Waals surface area contributed by atoms with Crippen molar-refractivity contribution < 1.29 is 19.1 Å². The van der Waals surface area contributed by atoms with E-state index in [1.165, 1.54) is 0 Å². The molecule has 2 aromatic rings. The summed E-state index contributed by atoms with van der Waals surface area (Å²) in [5.41, 5.74) is 1.72. The number of anilines is 1. The maximum absolute atomic E-state index is 12.3. The molecule has 3 amide bonds. The predicted octanol–water partition coefficient (Wildman–Crippen LogP) is 4.16. The second-order valence-corrected chi connectivity index (χ2v) is 8.78. The molecule has 0 radical (unpaired) electrons. The van der Waals surface area contributed by atoms with Crippen LogP contribution in [0.15, 0.2) is 53.0 Å². The number of carbonyl (C=O) groups excluding carboxylic acids is 3. The van der Waals surface area contributed by atoms with Gasteiger partial charge in [0.1, 0.15) is 5.60 Å². The highest BCUT2D eigenvalue weighted by Crippen LogP contribution is 2.17. The lowest BCUT2D eigenvalue weighted by Gasteiger charge is -2.19. The van der Waals surface area contributed by atoms with Crippen molar-refractivity contribution in [2.45, 2.75) is 45.8 Å². The van der Waals surface area contributed by atoms with Crippen LogP contribution in [0.3, 0.4) is 0 Å². The number of hydrogen-bond acceptors (Lipinski definition) is 4. The van der Waals surface area contributed by atoms with Crippen molar-refractivity contribution >= 4 is 39.5 Å². The van der Waals surface area contributed by atoms with Gasteiger partial charge in [0.05, 0.1) is 6.42 Å². The summed E-state index contributed by atoms with van der Waals surface area (Å²) in [4.78, 5) is 36.2. The van der Waals surface area contributed by atoms with Gasteiger partial charge in [-0.2, -0.15) is 0 Å². The van der Waals surface area contributed by atoms with Gasteiger partial charge in [0, 0.05) is 29.7 Å². The summed E-state index contributed by atoms with van der Waals surface area (Å²) in [6.07, 6.45) is -0.206. The molecule has 0 aliphatic heterocycles. The van der Waals surface area contributed by atoms with Gasteiger partial charge in [-0.3, -0.25) is 9.59 Å². The zero-order valence-electron chi connectivity index (χ0n) is 18.0. The molecule has 0 heterocycles. The van der Waals surface area contributed by atoms with Gasteiger partial charge in [0.15, 0.2) is 0 Å². The molecule has 0 saturated carbocycles. The Hall–Kier alpha value is -2.87. The Morgan fingerprint density at radius 2 is 1.55 bits per heavy atom. The van der Waals surface area contributed by atoms with Gasteiger partial charge in [-0.1, -0.05) is 52.3 Å². The van der Waals surface area contributed by atoms with Crippen LogP contribution in [-0.4, -0.2) is 30.1 Å². The van der Waals surface area contributed by atoms with Crippen LogP contribution in [0.5, 0.6) is 0 Å². The summed E-state index contributed by atoms with van der Waals surface area (Å²) in [6.45, 7) is 5.76. The van der Waals surface area contributed by atoms with E-state index < -0.39 is 11.7 Å². The van der Waals surface area contributed by atoms with Crippen molar-refractivity contribution in [2.75, 3.05) is 11.9 Å². The number of para-hydroxylation sites is 1. The minimum atomic E-state index is -0.591. The molecule has 8 heteroatoms. The Bertz CT molecular complexity index is 925. The number of alkyl carbamates (subject to hydrolysis) is 1. The third kappa shape index (κ3) is 9.21. The van der Waals surface area contributed by atoms with Gasteiger partial charge in [0.2, 0.25) is 11.8 Å². The minimum absolute atomic E-state index is 0.0992. The van der Waals surface area contributed by atoms with Crippen molar-refractivity contribution in [1.29, 1.82) is 0 Å². The first-order chi connectivity index (χ1) is 14.6. The second kappa shape index (κ2) is 11.5. The quantitative estimate of drug-likeness (QED) is 0.518. The topological polar surface area (TPSA) is 96.5 Å². The number of halogens is 1. The first-order valence-electron chi connectivity index (χ1n) is 9.99. The number of ether oxygens (including phenoxy) is 1. The SMILES string of the molecule is CC(C)(C)OC(=O)NCCC(=O)Nc1ccccc1CNC(=O)Cc1ccccc1Br. The fourth-order valence-corrected chi connectivity index (χ4v) is 3.10. The van der Waals surface area contributed by atoms with E-state index in [0.717, 1.165) is 15.6 Å². The maximum Gasteiger partial charge on any atom is 0.407 e. The standard InChI is InChI=1S/C23H28BrN3O4/c1-23(2,3)31-22(30)25-13-12-20(28)27-19-11-7-5-9-17(19)15-26-21(29)14-16-8-4-6-10-18(16)24/h4-11H,12-15H2,1-3H3,(H,25,30)(H,26,29)(H,27,28). The fourth-order valence-electron chi connectivity index (χ4n) is 2.67. The number of carbonyl (C=O) groups is 3. The molecule has 166 valence electrons. The van der Waals surface area contributed by atoms with Gasteiger partial charge in [0.25, 0.3) is 0 Å². The van der Waals surface area contributed by atoms with E-state index in [4.69, 9.17) is 4.74 Å². The first-order valence-corrected chi connectivity index (χ1v) is 10.8. The summed E-state index contributed by atoms with van der Waals surface area (Å²) < 4.78 is 6.02. The molecule has 0 unspecified atom stereocenters. The van der Waals surface area contributed by atoms with Gasteiger partial charge in [-0.25, -0.2) is 4.79 Å². The van der Waals surface area contributed by atoms with Gasteiger partial charge in [-0.05, 0) is 44.0 Å². The summed E-state index contributed by atoms with van der Waals surface area (Å²) in [5.74, 6) is -0.363. The zero-order valence-corrected chi connectivity index (χ0v) is 19.5. The van der Waals surface area contributed by atoms with Crippen molar-refractivity contribution in [2.24, 2.45) is 0 Å². The summed E-state index contributed by atoms with van der Waals surface area (Å²) in [5, 5.41) is 8.26. The zero-order chi connectivity index (χ0) is 22.9. The third-order valence-corrected chi connectivity index (χ3v) is 4.87. The largest absolute Gasteiger partial charge is 0.444 e. The number of rotatable bonds is 8. The molecule has 0 saturated heterocycles. The highest BCUT2D eigenvalue weighted by atomic mass is 79.9. The fraction of sp³-hybridized carbons (Fsp3) is 0.348. The van der Waals surface area contributed by atoms with Crippen LogP contribution in [0.1, 0.15) is 38.3 Å². The van der Waals surface area contributed by atoms with Crippen LogP contribution in [0.4, 0.5) is 10.5 Å². The Morgan fingerprint density at radius 3 is 2.23 bits per heavy atom. The van der Waals surface area contributed by atoms with E-state index in [9.17, 15) is 14.4 Å². The smallest absolute Gasteiger partial charge is 0.407 e. The predicted molar refractivity (Wildman–Crippen MR) is 124 cm³/mol. The molecule has 0 atom stereocenters. The van der Waals surface area contributed by atoms with Crippen molar-refractivity contribution in [3.63, 3.8) is 0 Å². The Morgan fingerprint density at radius 1 is 0.903 bits per heavy atom. The molecular weight excluding hydrogens is 462 g/mol. The van der Waals surface area contributed by atoms with Crippen LogP contribution in [0, 0.1) is 0 Å². The summed E-state index contributed by atoms with van der Waals surface area (Å²) in [7, 11) is 0. The van der Waals surface area contributed by atoms with Crippen LogP contribution in [0.25, 0.3) is 0 Å². The normalized spacial score (nSPS) is 10.8. The average Bonchev–Trinajstić information content (AvgIpc) is 2.67. The molecule has 3 N–H and O–H groups in total. The summed E-state index contributed by atoms with van der Waals surface area (Å²) >= 11 is 3.44. The van der Waals surface area contributed by atoms with Crippen LogP contribution in [-0.2, 0) is 27.3 Å². The van der Waals surface area contributed by atoms with E-state index in [0.29, 0.717) is 5.69 Å². The number of nitrogens with one attached hydrogen (secondary N) is 3. The molecule has 2 aromatic carbocycles. The van der Waals surface area contributed by atoms with Gasteiger partial charge < -0.3 is 20.7 Å². The van der Waals surface area contributed by atoms with E-state index >= 15 is 0 Å². The average molecular weight is 490 g/mol. The van der Waals surface area contributed by atoms with E-state index in [-0.39, 0.29) is 37.7 Å². The number of benzene rings is 2. The lowest BCUT2D eigenvalue weighted by atomic mass is 10.1. The molecule has 2 rings (SSSR count). The molecule has 0 bridgehead atoms. The molecule has 7 nitrogen and oxygen atoms in total. The van der Waals surface area contributed by atoms with Crippen LogP contribution < -0.4 is 16.0 Å². The van der Waals surface area contributed by atoms with Crippen molar-refractivity contribution in [1.82, 2.24) is 10.6 Å². The molecule has 0 aromatic heterocycles. The van der Waals surface area contributed by atoms with Crippen molar-refractivity contribution in [3.8, 4) is 0 Å². The lowest BCUT2D eigenvalue weighted by Crippen LogP contribution is -2.34. The second-order valence-electron chi connectivity index (χ2n) is 7.93. The van der Waals surface area contributed by atoms with Crippen LogP contribution in [0.2, 0.25) is 0 Å². The number of amides is 3. The van der Waals surface area contributed by atoms with E-state index in [1.54, 1.807) is 32.9 Å². The first kappa shape index (κ1) is 24.4. The monoisotopic (exact) mass is 489 g/mol. The molecular formula is C23H28BrN3O4. The molecule has 31 heavy (non-hydrogen) atoms. The van der Waals surface area contributed by atoms with Gasteiger partial charge >= 0.3 is 6.09 Å². The maximum atomic E-state index is 12.3. The molecule has 0 aliphatic carbocycles. The van der Waals surface area contributed by atoms with Gasteiger partial charge in [-0.15, -0.1) is 0 Å². The highest BCUT2D eigenvalue weighted by molar-refractivity contribution is 9.10. The van der Waals surface area contributed by atoms with Crippen molar-refractivity contribution in [3.05, 3.63) is 64.1 Å². The minimum Gasteiger partial charge on any atom is -0.444 e. The summed E-state index contributed by atoms with van der Waals surface area (Å²) in [6, 6.07) is 14.8. The third-order valence-electron chi connectivity index (χ3n) is 4.10. The molecule has 0 spiro atoms. The van der Waals surface area contributed by atoms with E-state index in [1.807, 2.05) is 36.4 Å². The van der Waals surface area contributed by atoms with Crippen LogP contribution >= 0.6 is 15.9 Å². The Labute approximate surface area is 191 Å². The van der Waals surface area contributed by atoms with E-state index in [2.05, 4.69) is 31.9 Å². The number of hydrogen-bond donors (Lipinski definition) is 3. The Balaban J connectivity index is 1.83.